The van der Waals surface area contributed by atoms with Crippen LogP contribution in [0, 0.1) is 0 Å². The standard InChI is InChI=1S/C18H14N4O2S/c23-18(15-11-16(24-21-15)13-5-2-1-3-6-13)20-17-8-9-19-22(17)12-14-7-4-10-25-14/h1-11H,12H2,(H,20,23). The molecule has 0 radical (unpaired) electrons. The summed E-state index contributed by atoms with van der Waals surface area (Å²) in [4.78, 5) is 13.6. The third-order valence-electron chi connectivity index (χ3n) is 3.64. The molecule has 1 aromatic carbocycles. The summed E-state index contributed by atoms with van der Waals surface area (Å²) in [5, 5.41) is 13.0. The Morgan fingerprint density at radius 1 is 1.16 bits per heavy atom. The zero-order valence-electron chi connectivity index (χ0n) is 13.1. The van der Waals surface area contributed by atoms with Gasteiger partial charge in [-0.3, -0.25) is 4.79 Å². The molecule has 1 N–H and O–H groups in total. The molecule has 0 fully saturated rings. The van der Waals surface area contributed by atoms with Gasteiger partial charge in [-0.25, -0.2) is 4.68 Å². The highest BCUT2D eigenvalue weighted by Gasteiger charge is 2.15. The lowest BCUT2D eigenvalue weighted by atomic mass is 10.1. The van der Waals surface area contributed by atoms with Crippen molar-refractivity contribution in [2.24, 2.45) is 0 Å². The number of carbonyl (C=O) groups excluding carboxylic acids is 1. The summed E-state index contributed by atoms with van der Waals surface area (Å²) >= 11 is 1.65. The Labute approximate surface area is 147 Å². The summed E-state index contributed by atoms with van der Waals surface area (Å²) in [6, 6.07) is 16.9. The van der Waals surface area contributed by atoms with Crippen LogP contribution >= 0.6 is 11.3 Å². The molecule has 4 aromatic rings. The summed E-state index contributed by atoms with van der Waals surface area (Å²) in [5.41, 5.74) is 1.10. The Morgan fingerprint density at radius 2 is 2.04 bits per heavy atom. The van der Waals surface area contributed by atoms with Gasteiger partial charge in [0.25, 0.3) is 5.91 Å². The van der Waals surface area contributed by atoms with Crippen LogP contribution in [0.3, 0.4) is 0 Å². The van der Waals surface area contributed by atoms with Gasteiger partial charge in [0, 0.05) is 22.6 Å². The van der Waals surface area contributed by atoms with Crippen LogP contribution in [0.4, 0.5) is 5.82 Å². The molecule has 3 heterocycles. The first-order chi connectivity index (χ1) is 12.3. The largest absolute Gasteiger partial charge is 0.355 e. The molecule has 0 unspecified atom stereocenters. The minimum absolute atomic E-state index is 0.225. The molecule has 6 nitrogen and oxygen atoms in total. The molecule has 0 bridgehead atoms. The molecule has 0 spiro atoms. The number of rotatable bonds is 5. The number of hydrogen-bond donors (Lipinski definition) is 1. The molecule has 0 aliphatic carbocycles. The molecule has 0 atom stereocenters. The lowest BCUT2D eigenvalue weighted by Gasteiger charge is -2.06. The van der Waals surface area contributed by atoms with Gasteiger partial charge in [0.1, 0.15) is 5.82 Å². The fourth-order valence-electron chi connectivity index (χ4n) is 2.42. The number of nitrogens with zero attached hydrogens (tertiary/aromatic N) is 3. The van der Waals surface area contributed by atoms with Gasteiger partial charge in [0.15, 0.2) is 11.5 Å². The Hall–Kier alpha value is -3.19. The Kier molecular flexibility index (Phi) is 4.14. The second-order valence-electron chi connectivity index (χ2n) is 5.35. The molecule has 7 heteroatoms. The number of hydrogen-bond acceptors (Lipinski definition) is 5. The van der Waals surface area contributed by atoms with Crippen LogP contribution in [0.1, 0.15) is 15.4 Å². The third-order valence-corrected chi connectivity index (χ3v) is 4.51. The van der Waals surface area contributed by atoms with E-state index in [0.29, 0.717) is 18.1 Å². The highest BCUT2D eigenvalue weighted by atomic mass is 32.1. The summed E-state index contributed by atoms with van der Waals surface area (Å²) in [6.07, 6.45) is 1.65. The smallest absolute Gasteiger partial charge is 0.279 e. The van der Waals surface area contributed by atoms with Crippen molar-refractivity contribution >= 4 is 23.1 Å². The monoisotopic (exact) mass is 350 g/mol. The Morgan fingerprint density at radius 3 is 2.84 bits per heavy atom. The van der Waals surface area contributed by atoms with E-state index in [1.165, 1.54) is 0 Å². The first-order valence-corrected chi connectivity index (χ1v) is 8.55. The SMILES string of the molecule is O=C(Nc1ccnn1Cc1cccs1)c1cc(-c2ccccc2)on1. The molecule has 0 aliphatic rings. The Bertz CT molecular complexity index is 974. The number of aromatic nitrogens is 3. The lowest BCUT2D eigenvalue weighted by molar-refractivity contribution is 0.101. The van der Waals surface area contributed by atoms with Gasteiger partial charge in [0.05, 0.1) is 12.7 Å². The van der Waals surface area contributed by atoms with Gasteiger partial charge in [-0.15, -0.1) is 11.3 Å². The van der Waals surface area contributed by atoms with E-state index in [4.69, 9.17) is 4.52 Å². The topological polar surface area (TPSA) is 73.0 Å². The summed E-state index contributed by atoms with van der Waals surface area (Å²) in [5.74, 6) is 0.833. The zero-order valence-corrected chi connectivity index (χ0v) is 13.9. The quantitative estimate of drug-likeness (QED) is 0.592. The van der Waals surface area contributed by atoms with Crippen LogP contribution < -0.4 is 5.32 Å². The van der Waals surface area contributed by atoms with E-state index in [0.717, 1.165) is 10.4 Å². The van der Waals surface area contributed by atoms with E-state index in [1.54, 1.807) is 34.3 Å². The summed E-state index contributed by atoms with van der Waals surface area (Å²) < 4.78 is 7.01. The fourth-order valence-corrected chi connectivity index (χ4v) is 3.10. The zero-order chi connectivity index (χ0) is 17.1. The highest BCUT2D eigenvalue weighted by molar-refractivity contribution is 7.09. The predicted octanol–water partition coefficient (Wildman–Crippen LogP) is 3.90. The lowest BCUT2D eigenvalue weighted by Crippen LogP contribution is -2.16. The second kappa shape index (κ2) is 6.74. The van der Waals surface area contributed by atoms with Gasteiger partial charge < -0.3 is 9.84 Å². The van der Waals surface area contributed by atoms with E-state index in [9.17, 15) is 4.79 Å². The maximum atomic E-state index is 12.4. The predicted molar refractivity (Wildman–Crippen MR) is 95.5 cm³/mol. The number of anilines is 1. The van der Waals surface area contributed by atoms with Crippen molar-refractivity contribution in [3.8, 4) is 11.3 Å². The van der Waals surface area contributed by atoms with Crippen molar-refractivity contribution in [2.75, 3.05) is 5.32 Å². The molecular weight excluding hydrogens is 336 g/mol. The van der Waals surface area contributed by atoms with Crippen LogP contribution in [0.5, 0.6) is 0 Å². The maximum absolute atomic E-state index is 12.4. The van der Waals surface area contributed by atoms with Crippen LogP contribution in [-0.4, -0.2) is 20.8 Å². The normalized spacial score (nSPS) is 10.7. The van der Waals surface area contributed by atoms with Crippen molar-refractivity contribution < 1.29 is 9.32 Å². The highest BCUT2D eigenvalue weighted by Crippen LogP contribution is 2.20. The van der Waals surface area contributed by atoms with Crippen molar-refractivity contribution in [2.45, 2.75) is 6.54 Å². The minimum atomic E-state index is -0.334. The molecule has 0 aliphatic heterocycles. The molecule has 124 valence electrons. The molecule has 3 aromatic heterocycles. The minimum Gasteiger partial charge on any atom is -0.355 e. The van der Waals surface area contributed by atoms with E-state index < -0.39 is 0 Å². The molecule has 0 saturated carbocycles. The van der Waals surface area contributed by atoms with Crippen LogP contribution in [0.2, 0.25) is 0 Å². The van der Waals surface area contributed by atoms with Gasteiger partial charge >= 0.3 is 0 Å². The fraction of sp³-hybridized carbons (Fsp3) is 0.0556. The number of amides is 1. The Balaban J connectivity index is 1.50. The average molecular weight is 350 g/mol. The van der Waals surface area contributed by atoms with E-state index >= 15 is 0 Å². The summed E-state index contributed by atoms with van der Waals surface area (Å²) in [7, 11) is 0. The number of thiophene rings is 1. The number of nitrogens with one attached hydrogen (secondary N) is 1. The third kappa shape index (κ3) is 3.36. The average Bonchev–Trinajstić information content (AvgIpc) is 3.38. The van der Waals surface area contributed by atoms with E-state index in [-0.39, 0.29) is 11.6 Å². The molecule has 1 amide bonds. The number of benzene rings is 1. The van der Waals surface area contributed by atoms with Crippen LogP contribution in [0.25, 0.3) is 11.3 Å². The molecule has 0 saturated heterocycles. The number of carbonyl (C=O) groups is 1. The van der Waals surface area contributed by atoms with Crippen molar-refractivity contribution in [1.82, 2.24) is 14.9 Å². The van der Waals surface area contributed by atoms with Crippen molar-refractivity contribution in [3.63, 3.8) is 0 Å². The molecular formula is C18H14N4O2S. The van der Waals surface area contributed by atoms with Crippen molar-refractivity contribution in [1.29, 1.82) is 0 Å². The van der Waals surface area contributed by atoms with E-state index in [1.807, 2.05) is 47.8 Å². The van der Waals surface area contributed by atoms with E-state index in [2.05, 4.69) is 15.6 Å². The first kappa shape index (κ1) is 15.3. The summed E-state index contributed by atoms with van der Waals surface area (Å²) in [6.45, 7) is 0.606. The molecule has 25 heavy (non-hydrogen) atoms. The van der Waals surface area contributed by atoms with Gasteiger partial charge in [-0.1, -0.05) is 41.6 Å². The van der Waals surface area contributed by atoms with Gasteiger partial charge in [-0.2, -0.15) is 5.10 Å². The van der Waals surface area contributed by atoms with Crippen LogP contribution in [0.15, 0.2) is 70.7 Å². The second-order valence-corrected chi connectivity index (χ2v) is 6.38. The molecule has 4 rings (SSSR count). The van der Waals surface area contributed by atoms with Crippen LogP contribution in [-0.2, 0) is 6.54 Å². The van der Waals surface area contributed by atoms with Crippen molar-refractivity contribution in [3.05, 3.63) is 76.7 Å². The van der Waals surface area contributed by atoms with Gasteiger partial charge in [-0.05, 0) is 11.4 Å². The van der Waals surface area contributed by atoms with Gasteiger partial charge in [0.2, 0.25) is 0 Å². The maximum Gasteiger partial charge on any atom is 0.279 e. The first-order valence-electron chi connectivity index (χ1n) is 7.67.